The summed E-state index contributed by atoms with van der Waals surface area (Å²) in [7, 11) is 1.74. The summed E-state index contributed by atoms with van der Waals surface area (Å²) in [6.07, 6.45) is -4.44. The molecular formula is C15H13F4N. The zero-order chi connectivity index (χ0) is 14.8. The topological polar surface area (TPSA) is 12.0 Å². The predicted octanol–water partition coefficient (Wildman–Crippen LogP) is 4.23. The Balaban J connectivity index is 2.48. The van der Waals surface area contributed by atoms with Crippen LogP contribution in [0, 0.1) is 5.82 Å². The highest BCUT2D eigenvalue weighted by Crippen LogP contribution is 2.33. The summed E-state index contributed by atoms with van der Waals surface area (Å²) < 4.78 is 51.9. The van der Waals surface area contributed by atoms with Crippen molar-refractivity contribution in [1.29, 1.82) is 0 Å². The van der Waals surface area contributed by atoms with Crippen LogP contribution in [0.25, 0.3) is 11.1 Å². The average Bonchev–Trinajstić information content (AvgIpc) is 2.40. The molecule has 0 bridgehead atoms. The Morgan fingerprint density at radius 1 is 1.05 bits per heavy atom. The molecule has 2 aromatic rings. The summed E-state index contributed by atoms with van der Waals surface area (Å²) in [5, 5.41) is 2.92. The Morgan fingerprint density at radius 3 is 2.45 bits per heavy atom. The van der Waals surface area contributed by atoms with Crippen LogP contribution in [0.2, 0.25) is 0 Å². The van der Waals surface area contributed by atoms with Crippen LogP contribution >= 0.6 is 0 Å². The highest BCUT2D eigenvalue weighted by Gasteiger charge is 2.30. The van der Waals surface area contributed by atoms with E-state index in [-0.39, 0.29) is 11.1 Å². The molecule has 1 N–H and O–H groups in total. The van der Waals surface area contributed by atoms with Crippen LogP contribution in [0.5, 0.6) is 0 Å². The lowest BCUT2D eigenvalue weighted by molar-refractivity contribution is -0.137. The number of hydrogen-bond donors (Lipinski definition) is 1. The van der Waals surface area contributed by atoms with Gasteiger partial charge in [-0.15, -0.1) is 0 Å². The fraction of sp³-hybridized carbons (Fsp3) is 0.200. The van der Waals surface area contributed by atoms with E-state index in [1.165, 1.54) is 18.2 Å². The van der Waals surface area contributed by atoms with E-state index in [0.29, 0.717) is 6.54 Å². The van der Waals surface area contributed by atoms with Crippen LogP contribution in [0.4, 0.5) is 17.6 Å². The lowest BCUT2D eigenvalue weighted by Crippen LogP contribution is -2.06. The van der Waals surface area contributed by atoms with Crippen molar-refractivity contribution < 1.29 is 17.6 Å². The minimum Gasteiger partial charge on any atom is -0.316 e. The smallest absolute Gasteiger partial charge is 0.316 e. The Kier molecular flexibility index (Phi) is 4.09. The van der Waals surface area contributed by atoms with Crippen LogP contribution in [0.1, 0.15) is 11.1 Å². The number of halogens is 4. The third-order valence-electron chi connectivity index (χ3n) is 2.91. The van der Waals surface area contributed by atoms with Gasteiger partial charge in [0.05, 0.1) is 5.56 Å². The Bertz CT molecular complexity index is 605. The van der Waals surface area contributed by atoms with E-state index in [1.54, 1.807) is 19.2 Å². The molecule has 0 atom stereocenters. The highest BCUT2D eigenvalue weighted by atomic mass is 19.4. The van der Waals surface area contributed by atoms with Crippen molar-refractivity contribution in [2.45, 2.75) is 12.7 Å². The van der Waals surface area contributed by atoms with E-state index in [4.69, 9.17) is 0 Å². The zero-order valence-electron chi connectivity index (χ0n) is 10.8. The fourth-order valence-corrected chi connectivity index (χ4v) is 1.97. The van der Waals surface area contributed by atoms with E-state index in [2.05, 4.69) is 5.32 Å². The van der Waals surface area contributed by atoms with Crippen LogP contribution in [-0.4, -0.2) is 7.05 Å². The molecule has 0 saturated carbocycles. The van der Waals surface area contributed by atoms with Gasteiger partial charge in [-0.2, -0.15) is 13.2 Å². The lowest BCUT2D eigenvalue weighted by atomic mass is 10.00. The van der Waals surface area contributed by atoms with Crippen molar-refractivity contribution in [2.75, 3.05) is 7.05 Å². The molecule has 0 spiro atoms. The van der Waals surface area contributed by atoms with Crippen molar-refractivity contribution in [3.05, 3.63) is 59.4 Å². The normalized spacial score (nSPS) is 11.7. The molecule has 0 aromatic heterocycles. The molecule has 1 nitrogen and oxygen atoms in total. The average molecular weight is 283 g/mol. The second-order valence-electron chi connectivity index (χ2n) is 4.42. The summed E-state index contributed by atoms with van der Waals surface area (Å²) >= 11 is 0. The molecule has 106 valence electrons. The summed E-state index contributed by atoms with van der Waals surface area (Å²) in [6.45, 7) is 0.520. The molecule has 0 radical (unpaired) electrons. The second kappa shape index (κ2) is 5.63. The minimum absolute atomic E-state index is 0.170. The molecule has 0 unspecified atom stereocenters. The maximum atomic E-state index is 13.8. The molecule has 0 saturated heterocycles. The lowest BCUT2D eigenvalue weighted by Gasteiger charge is -2.10. The quantitative estimate of drug-likeness (QED) is 0.831. The van der Waals surface area contributed by atoms with Crippen molar-refractivity contribution >= 4 is 0 Å². The Labute approximate surface area is 114 Å². The maximum absolute atomic E-state index is 13.8. The maximum Gasteiger partial charge on any atom is 0.416 e. The third-order valence-corrected chi connectivity index (χ3v) is 2.91. The zero-order valence-corrected chi connectivity index (χ0v) is 10.8. The molecule has 2 rings (SSSR count). The fourth-order valence-electron chi connectivity index (χ4n) is 1.97. The first-order chi connectivity index (χ1) is 9.41. The van der Waals surface area contributed by atoms with E-state index in [0.717, 1.165) is 17.7 Å². The molecule has 0 heterocycles. The highest BCUT2D eigenvalue weighted by molar-refractivity contribution is 5.66. The summed E-state index contributed by atoms with van der Waals surface area (Å²) in [5.74, 6) is -0.538. The molecule has 0 fully saturated rings. The van der Waals surface area contributed by atoms with Gasteiger partial charge in [0.25, 0.3) is 0 Å². The number of benzene rings is 2. The first kappa shape index (κ1) is 14.5. The predicted molar refractivity (Wildman–Crippen MR) is 69.6 cm³/mol. The molecule has 0 aliphatic heterocycles. The van der Waals surface area contributed by atoms with Gasteiger partial charge < -0.3 is 5.32 Å². The van der Waals surface area contributed by atoms with Crippen molar-refractivity contribution in [1.82, 2.24) is 5.32 Å². The Hall–Kier alpha value is -1.88. The third kappa shape index (κ3) is 3.17. The van der Waals surface area contributed by atoms with Gasteiger partial charge in [-0.05, 0) is 42.4 Å². The van der Waals surface area contributed by atoms with Crippen LogP contribution < -0.4 is 5.32 Å². The van der Waals surface area contributed by atoms with Gasteiger partial charge in [-0.3, -0.25) is 0 Å². The first-order valence-electron chi connectivity index (χ1n) is 6.02. The largest absolute Gasteiger partial charge is 0.416 e. The second-order valence-corrected chi connectivity index (χ2v) is 4.42. The monoisotopic (exact) mass is 283 g/mol. The van der Waals surface area contributed by atoms with E-state index >= 15 is 0 Å². The summed E-state index contributed by atoms with van der Waals surface area (Å²) in [6, 6.07) is 9.10. The summed E-state index contributed by atoms with van der Waals surface area (Å²) in [4.78, 5) is 0. The summed E-state index contributed by atoms with van der Waals surface area (Å²) in [5.41, 5.74) is 0.411. The molecular weight excluding hydrogens is 270 g/mol. The van der Waals surface area contributed by atoms with Crippen LogP contribution in [0.15, 0.2) is 42.5 Å². The molecule has 0 aliphatic rings. The van der Waals surface area contributed by atoms with E-state index in [1.807, 2.05) is 0 Å². The van der Waals surface area contributed by atoms with Crippen molar-refractivity contribution in [3.63, 3.8) is 0 Å². The SMILES string of the molecule is CNCc1ccc(F)c(-c2cccc(C(F)(F)F)c2)c1. The van der Waals surface area contributed by atoms with Crippen LogP contribution in [0.3, 0.4) is 0 Å². The standard InChI is InChI=1S/C15H13F4N/c1-20-9-10-5-6-14(16)13(7-10)11-3-2-4-12(8-11)15(17,18)19/h2-8,20H,9H2,1H3. The molecule has 20 heavy (non-hydrogen) atoms. The number of rotatable bonds is 3. The van der Waals surface area contributed by atoms with E-state index < -0.39 is 17.6 Å². The van der Waals surface area contributed by atoms with Gasteiger partial charge in [0, 0.05) is 12.1 Å². The molecule has 5 heteroatoms. The van der Waals surface area contributed by atoms with Gasteiger partial charge in [0.15, 0.2) is 0 Å². The Morgan fingerprint density at radius 2 is 1.80 bits per heavy atom. The van der Waals surface area contributed by atoms with Gasteiger partial charge >= 0.3 is 6.18 Å². The number of alkyl halides is 3. The van der Waals surface area contributed by atoms with Gasteiger partial charge in [-0.25, -0.2) is 4.39 Å². The van der Waals surface area contributed by atoms with Crippen LogP contribution in [-0.2, 0) is 12.7 Å². The van der Waals surface area contributed by atoms with E-state index in [9.17, 15) is 17.6 Å². The number of nitrogens with one attached hydrogen (secondary N) is 1. The van der Waals surface area contributed by atoms with Gasteiger partial charge in [-0.1, -0.05) is 18.2 Å². The molecule has 0 aliphatic carbocycles. The number of hydrogen-bond acceptors (Lipinski definition) is 1. The van der Waals surface area contributed by atoms with Crippen molar-refractivity contribution in [2.24, 2.45) is 0 Å². The van der Waals surface area contributed by atoms with Gasteiger partial charge in [0.1, 0.15) is 5.82 Å². The van der Waals surface area contributed by atoms with Gasteiger partial charge in [0.2, 0.25) is 0 Å². The minimum atomic E-state index is -4.44. The molecule has 0 amide bonds. The van der Waals surface area contributed by atoms with Crippen molar-refractivity contribution in [3.8, 4) is 11.1 Å². The first-order valence-corrected chi connectivity index (χ1v) is 6.02. The molecule has 2 aromatic carbocycles.